The van der Waals surface area contributed by atoms with Crippen LogP contribution in [0, 0.1) is 16.7 Å². The van der Waals surface area contributed by atoms with E-state index in [1.165, 1.54) is 0 Å². The molecule has 1 heterocycles. The lowest BCUT2D eigenvalue weighted by Gasteiger charge is -2.30. The van der Waals surface area contributed by atoms with Gasteiger partial charge < -0.3 is 26.4 Å². The van der Waals surface area contributed by atoms with Crippen molar-refractivity contribution in [1.29, 1.82) is 5.41 Å². The number of aliphatic hydroxyl groups excluding tert-OH is 1. The number of nitrogens with zero attached hydrogens (tertiary/aromatic N) is 1. The number of carbonyl (C=O) groups is 3. The number of aliphatic hydroxyl groups is 1. The van der Waals surface area contributed by atoms with Crippen LogP contribution in [0.3, 0.4) is 0 Å². The molecule has 1 saturated carbocycles. The zero-order valence-electron chi connectivity index (χ0n) is 18.9. The summed E-state index contributed by atoms with van der Waals surface area (Å²) < 4.78 is 0. The van der Waals surface area contributed by atoms with Crippen LogP contribution in [0.5, 0.6) is 0 Å². The molecule has 1 aromatic carbocycles. The molecule has 1 aromatic rings. The molecule has 0 spiro atoms. The van der Waals surface area contributed by atoms with Crippen LogP contribution in [0.4, 0.5) is 5.69 Å². The molecule has 3 amide bonds. The van der Waals surface area contributed by atoms with Crippen LogP contribution < -0.4 is 16.4 Å². The first-order chi connectivity index (χ1) is 15.0. The van der Waals surface area contributed by atoms with Gasteiger partial charge in [-0.1, -0.05) is 39.0 Å². The van der Waals surface area contributed by atoms with Gasteiger partial charge in [0.15, 0.2) is 0 Å². The minimum atomic E-state index is -0.851. The predicted octanol–water partition coefficient (Wildman–Crippen LogP) is 0.854. The Morgan fingerprint density at radius 3 is 2.56 bits per heavy atom. The van der Waals surface area contributed by atoms with Crippen molar-refractivity contribution in [2.75, 3.05) is 18.5 Å². The van der Waals surface area contributed by atoms with Gasteiger partial charge in [-0.05, 0) is 36.7 Å². The normalized spacial score (nSPS) is 22.6. The predicted molar refractivity (Wildman–Crippen MR) is 121 cm³/mol. The molecule has 2 aliphatic rings. The number of nitrogens with two attached hydrogens (primary N) is 1. The maximum absolute atomic E-state index is 13.1. The fourth-order valence-electron chi connectivity index (χ4n) is 4.50. The second-order valence-electron chi connectivity index (χ2n) is 9.91. The van der Waals surface area contributed by atoms with Gasteiger partial charge in [0.1, 0.15) is 11.8 Å². The smallest absolute Gasteiger partial charge is 0.267 e. The van der Waals surface area contributed by atoms with Crippen molar-refractivity contribution in [2.45, 2.75) is 58.2 Å². The van der Waals surface area contributed by atoms with Crippen molar-refractivity contribution in [3.05, 3.63) is 29.8 Å². The number of likely N-dealkylation sites (tertiary alicyclic amines) is 1. The molecule has 0 unspecified atom stereocenters. The van der Waals surface area contributed by atoms with E-state index in [2.05, 4.69) is 10.6 Å². The number of fused-ring (bicyclic) bond motifs is 1. The first kappa shape index (κ1) is 23.7. The summed E-state index contributed by atoms with van der Waals surface area (Å²) in [6.07, 6.45) is 2.15. The molecular weight excluding hydrogens is 410 g/mol. The van der Waals surface area contributed by atoms with E-state index in [9.17, 15) is 19.5 Å². The number of nitrogens with one attached hydrogen (secondary N) is 3. The van der Waals surface area contributed by atoms with Crippen LogP contribution in [0.25, 0.3) is 0 Å². The van der Waals surface area contributed by atoms with Gasteiger partial charge in [0.05, 0.1) is 19.2 Å². The molecule has 1 aliphatic heterocycles. The summed E-state index contributed by atoms with van der Waals surface area (Å²) in [6.45, 7) is 5.92. The molecule has 1 aliphatic carbocycles. The van der Waals surface area contributed by atoms with Gasteiger partial charge in [-0.3, -0.25) is 19.8 Å². The Morgan fingerprint density at radius 1 is 1.25 bits per heavy atom. The summed E-state index contributed by atoms with van der Waals surface area (Å²) in [6, 6.07) is 5.83. The second-order valence-corrected chi connectivity index (χ2v) is 9.91. The molecule has 9 nitrogen and oxygen atoms in total. The number of hydrogen-bond acceptors (Lipinski definition) is 6. The van der Waals surface area contributed by atoms with Gasteiger partial charge in [0.2, 0.25) is 11.8 Å². The average Bonchev–Trinajstić information content (AvgIpc) is 3.39. The third kappa shape index (κ3) is 5.45. The van der Waals surface area contributed by atoms with E-state index >= 15 is 0 Å². The van der Waals surface area contributed by atoms with Gasteiger partial charge in [0, 0.05) is 17.3 Å². The Bertz CT molecular complexity index is 910. The maximum atomic E-state index is 13.1. The number of primary amides is 1. The lowest BCUT2D eigenvalue weighted by atomic mass is 9.88. The summed E-state index contributed by atoms with van der Waals surface area (Å²) in [5.74, 6) is -0.965. The number of carbonyl (C=O) groups excluding carboxylic acids is 3. The highest BCUT2D eigenvalue weighted by Gasteiger charge is 2.56. The third-order valence-corrected chi connectivity index (χ3v) is 5.99. The minimum Gasteiger partial charge on any atom is -0.394 e. The Kier molecular flexibility index (Phi) is 6.88. The number of benzene rings is 1. The van der Waals surface area contributed by atoms with Crippen molar-refractivity contribution in [3.63, 3.8) is 0 Å². The summed E-state index contributed by atoms with van der Waals surface area (Å²) in [7, 11) is 0. The molecule has 4 atom stereocenters. The first-order valence-electron chi connectivity index (χ1n) is 11.0. The highest BCUT2D eigenvalue weighted by Crippen LogP contribution is 2.48. The van der Waals surface area contributed by atoms with Crippen molar-refractivity contribution in [1.82, 2.24) is 10.2 Å². The highest BCUT2D eigenvalue weighted by atomic mass is 16.3. The fourth-order valence-corrected chi connectivity index (χ4v) is 4.50. The largest absolute Gasteiger partial charge is 0.394 e. The third-order valence-electron chi connectivity index (χ3n) is 5.99. The average molecular weight is 444 g/mol. The molecule has 9 heteroatoms. The molecule has 174 valence electrons. The Morgan fingerprint density at radius 2 is 1.94 bits per heavy atom. The first-order valence-corrected chi connectivity index (χ1v) is 11.0. The van der Waals surface area contributed by atoms with Crippen LogP contribution in [-0.2, 0) is 14.4 Å². The number of hydrogen-bond donors (Lipinski definition) is 5. The molecule has 3 rings (SSSR count). The van der Waals surface area contributed by atoms with E-state index < -0.39 is 11.9 Å². The minimum absolute atomic E-state index is 0.0516. The number of anilines is 1. The van der Waals surface area contributed by atoms with Gasteiger partial charge in [-0.25, -0.2) is 0 Å². The van der Waals surface area contributed by atoms with Crippen LogP contribution in [0.15, 0.2) is 24.3 Å². The fraction of sp³-hybridized carbons (Fsp3) is 0.565. The Balaban J connectivity index is 1.65. The summed E-state index contributed by atoms with van der Waals surface area (Å²) >= 11 is 0. The SMILES string of the molecule is CC(C)(C)C[C@@H](CO)NC(=O)[C@@H]1C[C@H]2C[C@H]2N1C(=O)CNc1ccccc1C(=N)C(N)=O. The van der Waals surface area contributed by atoms with Crippen LogP contribution >= 0.6 is 0 Å². The van der Waals surface area contributed by atoms with Gasteiger partial charge in [-0.15, -0.1) is 0 Å². The van der Waals surface area contributed by atoms with Gasteiger partial charge in [-0.2, -0.15) is 0 Å². The van der Waals surface area contributed by atoms with Gasteiger partial charge >= 0.3 is 0 Å². The Labute approximate surface area is 188 Å². The van der Waals surface area contributed by atoms with E-state index in [0.29, 0.717) is 30.0 Å². The quantitative estimate of drug-likeness (QED) is 0.359. The highest BCUT2D eigenvalue weighted by molar-refractivity contribution is 6.44. The van der Waals surface area contributed by atoms with E-state index in [4.69, 9.17) is 11.1 Å². The van der Waals surface area contributed by atoms with Crippen LogP contribution in [0.1, 0.15) is 45.6 Å². The van der Waals surface area contributed by atoms with E-state index in [1.54, 1.807) is 29.2 Å². The van der Waals surface area contributed by atoms with Crippen molar-refractivity contribution in [2.24, 2.45) is 17.1 Å². The van der Waals surface area contributed by atoms with Crippen molar-refractivity contribution >= 4 is 29.1 Å². The van der Waals surface area contributed by atoms with Crippen LogP contribution in [-0.4, -0.2) is 64.7 Å². The number of piperidine rings is 1. The summed E-state index contributed by atoms with van der Waals surface area (Å²) in [5, 5.41) is 23.5. The maximum Gasteiger partial charge on any atom is 0.267 e. The van der Waals surface area contributed by atoms with E-state index in [1.807, 2.05) is 20.8 Å². The second kappa shape index (κ2) is 9.28. The molecule has 0 aromatic heterocycles. The van der Waals surface area contributed by atoms with Crippen molar-refractivity contribution in [3.8, 4) is 0 Å². The topological polar surface area (TPSA) is 149 Å². The molecule has 2 fully saturated rings. The number of amides is 3. The number of rotatable bonds is 9. The van der Waals surface area contributed by atoms with Crippen molar-refractivity contribution < 1.29 is 19.5 Å². The lowest BCUT2D eigenvalue weighted by molar-refractivity contribution is -0.139. The molecule has 32 heavy (non-hydrogen) atoms. The summed E-state index contributed by atoms with van der Waals surface area (Å²) in [5.41, 5.74) is 5.62. The Hall–Kier alpha value is -2.94. The monoisotopic (exact) mass is 443 g/mol. The van der Waals surface area contributed by atoms with E-state index in [-0.39, 0.29) is 48.2 Å². The standard InChI is InChI=1S/C23H33N5O4/c1-23(2,3)10-14(12-29)27-22(32)18-9-13-8-17(13)28(18)19(30)11-26-16-7-5-4-6-15(16)20(24)21(25)31/h4-7,13-14,17-18,24,26,29H,8-12H2,1-3H3,(H2,25,31)(H,27,32)/t13-,14+,17-,18+/m1/s1. The molecule has 0 radical (unpaired) electrons. The lowest BCUT2D eigenvalue weighted by Crippen LogP contribution is -2.52. The number of para-hydroxylation sites is 1. The van der Waals surface area contributed by atoms with E-state index in [0.717, 1.165) is 6.42 Å². The molecule has 1 saturated heterocycles. The zero-order chi connectivity index (χ0) is 23.6. The summed E-state index contributed by atoms with van der Waals surface area (Å²) in [4.78, 5) is 39.1. The molecular formula is C23H33N5O4. The van der Waals surface area contributed by atoms with Crippen LogP contribution in [0.2, 0.25) is 0 Å². The molecule has 0 bridgehead atoms. The zero-order valence-corrected chi connectivity index (χ0v) is 18.9. The molecule has 6 N–H and O–H groups in total. The van der Waals surface area contributed by atoms with Gasteiger partial charge in [0.25, 0.3) is 5.91 Å².